The number of nitrogens with zero attached hydrogens (tertiary/aromatic N) is 1. The van der Waals surface area contributed by atoms with E-state index in [9.17, 15) is 18.0 Å². The first-order valence-corrected chi connectivity index (χ1v) is 9.77. The van der Waals surface area contributed by atoms with Gasteiger partial charge in [0.2, 0.25) is 0 Å². The Balaban J connectivity index is 1.96. The highest BCUT2D eigenvalue weighted by molar-refractivity contribution is 6.06. The summed E-state index contributed by atoms with van der Waals surface area (Å²) in [5, 5.41) is 2.64. The number of ether oxygens (including phenoxy) is 3. The van der Waals surface area contributed by atoms with Gasteiger partial charge in [-0.2, -0.15) is 13.2 Å². The van der Waals surface area contributed by atoms with E-state index in [4.69, 9.17) is 14.2 Å². The van der Waals surface area contributed by atoms with Gasteiger partial charge < -0.3 is 24.4 Å². The highest BCUT2D eigenvalue weighted by atomic mass is 19.4. The van der Waals surface area contributed by atoms with Gasteiger partial charge in [-0.15, -0.1) is 0 Å². The molecule has 6 nitrogen and oxygen atoms in total. The number of anilines is 2. The monoisotopic (exact) mass is 438 g/mol. The zero-order chi connectivity index (χ0) is 22.8. The largest absolute Gasteiger partial charge is 0.493 e. The summed E-state index contributed by atoms with van der Waals surface area (Å²) in [5.41, 5.74) is -0.0299. The maximum atomic E-state index is 13.3. The van der Waals surface area contributed by atoms with Gasteiger partial charge in [-0.05, 0) is 50.2 Å². The topological polar surface area (TPSA) is 60.0 Å². The molecule has 0 aliphatic carbocycles. The molecule has 3 rings (SSSR count). The Hall–Kier alpha value is -2.94. The summed E-state index contributed by atoms with van der Waals surface area (Å²) in [5.74, 6) is 0.223. The maximum Gasteiger partial charge on any atom is 0.416 e. The van der Waals surface area contributed by atoms with E-state index in [1.165, 1.54) is 32.4 Å². The van der Waals surface area contributed by atoms with Crippen LogP contribution in [0.15, 0.2) is 36.4 Å². The Bertz CT molecular complexity index is 939. The summed E-state index contributed by atoms with van der Waals surface area (Å²) in [4.78, 5) is 14.8. The first kappa shape index (κ1) is 22.7. The fraction of sp³-hybridized carbons (Fsp3) is 0.409. The van der Waals surface area contributed by atoms with Crippen LogP contribution in [0.4, 0.5) is 24.5 Å². The SMILES string of the molecule is COc1ccc(C(=O)Nc2cc(C(F)(F)F)ccc2N2CC(C)OC(C)C2)cc1OC. The van der Waals surface area contributed by atoms with E-state index in [0.717, 1.165) is 12.1 Å². The van der Waals surface area contributed by atoms with Gasteiger partial charge in [0.25, 0.3) is 5.91 Å². The van der Waals surface area contributed by atoms with E-state index in [-0.39, 0.29) is 23.5 Å². The van der Waals surface area contributed by atoms with Crippen LogP contribution < -0.4 is 19.7 Å². The molecule has 2 unspecified atom stereocenters. The lowest BCUT2D eigenvalue weighted by Gasteiger charge is -2.37. The number of halogens is 3. The number of methoxy groups -OCH3 is 2. The van der Waals surface area contributed by atoms with Gasteiger partial charge in [0, 0.05) is 18.7 Å². The predicted molar refractivity (Wildman–Crippen MR) is 111 cm³/mol. The number of morpholine rings is 1. The minimum atomic E-state index is -4.53. The Labute approximate surface area is 178 Å². The van der Waals surface area contributed by atoms with Crippen molar-refractivity contribution >= 4 is 17.3 Å². The quantitative estimate of drug-likeness (QED) is 0.740. The lowest BCUT2D eigenvalue weighted by Crippen LogP contribution is -2.45. The number of hydrogen-bond acceptors (Lipinski definition) is 5. The molecule has 1 aliphatic heterocycles. The maximum absolute atomic E-state index is 13.3. The Morgan fingerprint density at radius 3 is 2.26 bits per heavy atom. The van der Waals surface area contributed by atoms with Crippen LogP contribution >= 0.6 is 0 Å². The smallest absolute Gasteiger partial charge is 0.416 e. The van der Waals surface area contributed by atoms with Crippen molar-refractivity contribution in [3.8, 4) is 11.5 Å². The van der Waals surface area contributed by atoms with Gasteiger partial charge in [-0.1, -0.05) is 0 Å². The molecule has 168 valence electrons. The molecule has 1 aliphatic rings. The molecule has 1 saturated heterocycles. The van der Waals surface area contributed by atoms with Crippen molar-refractivity contribution in [2.75, 3.05) is 37.5 Å². The third-order valence-corrected chi connectivity index (χ3v) is 4.98. The van der Waals surface area contributed by atoms with E-state index in [1.54, 1.807) is 6.07 Å². The molecule has 0 spiro atoms. The molecule has 2 atom stereocenters. The van der Waals surface area contributed by atoms with Gasteiger partial charge in [0.15, 0.2) is 11.5 Å². The Kier molecular flexibility index (Phi) is 6.64. The molecule has 9 heteroatoms. The van der Waals surface area contributed by atoms with Crippen LogP contribution in [0.3, 0.4) is 0 Å². The number of rotatable bonds is 5. The molecular weight excluding hydrogens is 413 g/mol. The minimum Gasteiger partial charge on any atom is -0.493 e. The van der Waals surface area contributed by atoms with Crippen LogP contribution in [-0.2, 0) is 10.9 Å². The average molecular weight is 438 g/mol. The lowest BCUT2D eigenvalue weighted by atomic mass is 10.1. The number of benzene rings is 2. The van der Waals surface area contributed by atoms with Gasteiger partial charge in [-0.3, -0.25) is 4.79 Å². The standard InChI is InChI=1S/C22H25F3N2O4/c1-13-11-27(12-14(2)31-13)18-7-6-16(22(23,24)25)10-17(18)26-21(28)15-5-8-19(29-3)20(9-15)30-4/h5-10,13-14H,11-12H2,1-4H3,(H,26,28). The van der Waals surface area contributed by atoms with Crippen molar-refractivity contribution in [2.24, 2.45) is 0 Å². The van der Waals surface area contributed by atoms with E-state index in [2.05, 4.69) is 5.32 Å². The molecular formula is C22H25F3N2O4. The average Bonchev–Trinajstić information content (AvgIpc) is 2.71. The van der Waals surface area contributed by atoms with Gasteiger partial charge in [0.1, 0.15) is 0 Å². The zero-order valence-corrected chi connectivity index (χ0v) is 17.7. The van der Waals surface area contributed by atoms with Crippen molar-refractivity contribution in [2.45, 2.75) is 32.2 Å². The molecule has 2 aromatic carbocycles. The van der Waals surface area contributed by atoms with E-state index < -0.39 is 17.6 Å². The molecule has 0 radical (unpaired) electrons. The fourth-order valence-corrected chi connectivity index (χ4v) is 3.63. The number of carbonyl (C=O) groups excluding carboxylic acids is 1. The van der Waals surface area contributed by atoms with E-state index in [0.29, 0.717) is 30.3 Å². The molecule has 31 heavy (non-hydrogen) atoms. The van der Waals surface area contributed by atoms with Crippen molar-refractivity contribution in [1.29, 1.82) is 0 Å². The Morgan fingerprint density at radius 2 is 1.68 bits per heavy atom. The van der Waals surface area contributed by atoms with Crippen LogP contribution in [0, 0.1) is 0 Å². The second-order valence-corrected chi connectivity index (χ2v) is 7.42. The molecule has 0 bridgehead atoms. The van der Waals surface area contributed by atoms with Crippen molar-refractivity contribution < 1.29 is 32.2 Å². The molecule has 1 N–H and O–H groups in total. The summed E-state index contributed by atoms with van der Waals surface area (Å²) in [6.07, 6.45) is -4.73. The third-order valence-electron chi connectivity index (χ3n) is 4.98. The van der Waals surface area contributed by atoms with E-state index >= 15 is 0 Å². The number of hydrogen-bond donors (Lipinski definition) is 1. The second kappa shape index (κ2) is 9.05. The molecule has 1 fully saturated rings. The van der Waals surface area contributed by atoms with Crippen LogP contribution in [0.5, 0.6) is 11.5 Å². The van der Waals surface area contributed by atoms with Crippen molar-refractivity contribution in [3.05, 3.63) is 47.5 Å². The number of carbonyl (C=O) groups is 1. The summed E-state index contributed by atoms with van der Waals surface area (Å²) in [7, 11) is 2.90. The second-order valence-electron chi connectivity index (χ2n) is 7.42. The molecule has 0 aromatic heterocycles. The summed E-state index contributed by atoms with van der Waals surface area (Å²) < 4.78 is 56.1. The van der Waals surface area contributed by atoms with Crippen LogP contribution in [0.25, 0.3) is 0 Å². The highest BCUT2D eigenvalue weighted by Crippen LogP contribution is 2.37. The van der Waals surface area contributed by atoms with Crippen molar-refractivity contribution in [3.63, 3.8) is 0 Å². The predicted octanol–water partition coefficient (Wildman–Crippen LogP) is 4.59. The van der Waals surface area contributed by atoms with E-state index in [1.807, 2.05) is 18.7 Å². The summed E-state index contributed by atoms with van der Waals surface area (Å²) >= 11 is 0. The summed E-state index contributed by atoms with van der Waals surface area (Å²) in [6, 6.07) is 7.91. The number of nitrogens with one attached hydrogen (secondary N) is 1. The highest BCUT2D eigenvalue weighted by Gasteiger charge is 2.32. The van der Waals surface area contributed by atoms with Gasteiger partial charge in [-0.25, -0.2) is 0 Å². The number of alkyl halides is 3. The van der Waals surface area contributed by atoms with Crippen LogP contribution in [-0.4, -0.2) is 45.4 Å². The first-order valence-electron chi connectivity index (χ1n) is 9.77. The first-order chi connectivity index (χ1) is 14.6. The summed E-state index contributed by atoms with van der Waals surface area (Å²) in [6.45, 7) is 4.78. The molecule has 2 aromatic rings. The molecule has 1 amide bonds. The zero-order valence-electron chi connectivity index (χ0n) is 17.7. The van der Waals surface area contributed by atoms with Gasteiger partial charge in [0.05, 0.1) is 43.4 Å². The molecule has 0 saturated carbocycles. The minimum absolute atomic E-state index is 0.0795. The fourth-order valence-electron chi connectivity index (χ4n) is 3.63. The Morgan fingerprint density at radius 1 is 1.03 bits per heavy atom. The van der Waals surface area contributed by atoms with Gasteiger partial charge >= 0.3 is 6.18 Å². The number of amides is 1. The third kappa shape index (κ3) is 5.22. The lowest BCUT2D eigenvalue weighted by molar-refractivity contribution is -0.137. The molecule has 1 heterocycles. The van der Waals surface area contributed by atoms with Crippen molar-refractivity contribution in [1.82, 2.24) is 0 Å². The van der Waals surface area contributed by atoms with Crippen LogP contribution in [0.1, 0.15) is 29.8 Å². The van der Waals surface area contributed by atoms with Crippen LogP contribution in [0.2, 0.25) is 0 Å². The normalized spacial score (nSPS) is 19.1.